The molecular weight excluding hydrogens is 292 g/mol. The number of nitrogens with zero attached hydrogens (tertiary/aromatic N) is 1. The molecule has 22 heavy (non-hydrogen) atoms. The number of hydrogen-bond acceptors (Lipinski definition) is 2. The molecule has 0 aliphatic heterocycles. The van der Waals surface area contributed by atoms with Gasteiger partial charge in [-0.15, -0.1) is 0 Å². The average molecular weight is 310 g/mol. The predicted molar refractivity (Wildman–Crippen MR) is 93.7 cm³/mol. The number of fused-ring (bicyclic) bond motifs is 1. The summed E-state index contributed by atoms with van der Waals surface area (Å²) in [6, 6.07) is 18.3. The molecule has 0 amide bonds. The Balaban J connectivity index is 1.44. The maximum absolute atomic E-state index is 5.29. The summed E-state index contributed by atoms with van der Waals surface area (Å²) in [5, 5.41) is 7.04. The van der Waals surface area contributed by atoms with E-state index >= 15 is 0 Å². The van der Waals surface area contributed by atoms with Crippen molar-refractivity contribution >= 4 is 28.4 Å². The molecule has 2 aromatic carbocycles. The number of nitrogens with one attached hydrogen (secondary N) is 3. The Morgan fingerprint density at radius 3 is 2.59 bits per heavy atom. The lowest BCUT2D eigenvalue weighted by Crippen LogP contribution is -2.36. The summed E-state index contributed by atoms with van der Waals surface area (Å²) in [5.74, 6) is 0.883. The number of aromatic amines is 1. The summed E-state index contributed by atoms with van der Waals surface area (Å²) in [4.78, 5) is 7.78. The van der Waals surface area contributed by atoms with Gasteiger partial charge in [0, 0.05) is 6.54 Å². The van der Waals surface area contributed by atoms with E-state index in [1.54, 1.807) is 0 Å². The molecule has 5 heteroatoms. The van der Waals surface area contributed by atoms with Gasteiger partial charge in [0.2, 0.25) is 0 Å². The zero-order valence-corrected chi connectivity index (χ0v) is 13.0. The number of aromatic nitrogens is 2. The molecule has 0 spiro atoms. The summed E-state index contributed by atoms with van der Waals surface area (Å²) in [7, 11) is 0. The molecule has 3 aromatic rings. The Kier molecular flexibility index (Phi) is 4.65. The average Bonchev–Trinajstić information content (AvgIpc) is 2.97. The lowest BCUT2D eigenvalue weighted by molar-refractivity contribution is 0.793. The minimum Gasteiger partial charge on any atom is -0.362 e. The first-order valence-electron chi connectivity index (χ1n) is 7.30. The number of hydrogen-bond donors (Lipinski definition) is 3. The van der Waals surface area contributed by atoms with Crippen LogP contribution in [0.1, 0.15) is 11.4 Å². The first-order chi connectivity index (χ1) is 10.8. The van der Waals surface area contributed by atoms with Gasteiger partial charge in [0.15, 0.2) is 5.11 Å². The molecule has 1 aromatic heterocycles. The fourth-order valence-electron chi connectivity index (χ4n) is 2.28. The summed E-state index contributed by atoms with van der Waals surface area (Å²) in [5.41, 5.74) is 3.32. The molecule has 0 unspecified atom stereocenters. The zero-order chi connectivity index (χ0) is 15.2. The van der Waals surface area contributed by atoms with Crippen LogP contribution < -0.4 is 10.6 Å². The van der Waals surface area contributed by atoms with Crippen LogP contribution in [0, 0.1) is 0 Å². The van der Waals surface area contributed by atoms with Gasteiger partial charge in [0.1, 0.15) is 5.82 Å². The number of thiocarbonyl (C=S) groups is 1. The minimum absolute atomic E-state index is 0.589. The van der Waals surface area contributed by atoms with Crippen molar-refractivity contribution in [1.29, 1.82) is 0 Å². The highest BCUT2D eigenvalue weighted by atomic mass is 32.1. The van der Waals surface area contributed by atoms with E-state index in [1.807, 2.05) is 42.5 Å². The molecule has 0 radical (unpaired) electrons. The largest absolute Gasteiger partial charge is 0.362 e. The van der Waals surface area contributed by atoms with Crippen molar-refractivity contribution < 1.29 is 0 Å². The molecule has 0 atom stereocenters. The fourth-order valence-corrected chi connectivity index (χ4v) is 2.46. The number of H-pyrrole nitrogens is 1. The normalized spacial score (nSPS) is 10.5. The van der Waals surface area contributed by atoms with E-state index in [0.29, 0.717) is 11.7 Å². The second kappa shape index (κ2) is 7.04. The summed E-state index contributed by atoms with van der Waals surface area (Å²) in [6.45, 7) is 1.40. The van der Waals surface area contributed by atoms with E-state index < -0.39 is 0 Å². The van der Waals surface area contributed by atoms with Gasteiger partial charge in [-0.05, 0) is 36.3 Å². The molecule has 0 aliphatic rings. The Morgan fingerprint density at radius 2 is 1.77 bits per heavy atom. The van der Waals surface area contributed by atoms with E-state index in [-0.39, 0.29) is 0 Å². The lowest BCUT2D eigenvalue weighted by atomic mass is 10.1. The lowest BCUT2D eigenvalue weighted by Gasteiger charge is -2.09. The SMILES string of the molecule is S=C(NCCc1ccccc1)NCc1nc2ccccc2[nH]1. The van der Waals surface area contributed by atoms with Gasteiger partial charge in [-0.3, -0.25) is 0 Å². The topological polar surface area (TPSA) is 52.7 Å². The smallest absolute Gasteiger partial charge is 0.166 e. The van der Waals surface area contributed by atoms with Crippen molar-refractivity contribution in [2.75, 3.05) is 6.54 Å². The Morgan fingerprint density at radius 1 is 1.00 bits per heavy atom. The zero-order valence-electron chi connectivity index (χ0n) is 12.2. The number of benzene rings is 2. The van der Waals surface area contributed by atoms with Crippen LogP contribution in [0.25, 0.3) is 11.0 Å². The van der Waals surface area contributed by atoms with Crippen LogP contribution in [-0.4, -0.2) is 21.6 Å². The van der Waals surface area contributed by atoms with E-state index in [4.69, 9.17) is 12.2 Å². The molecular formula is C17H18N4S. The van der Waals surface area contributed by atoms with Crippen molar-refractivity contribution in [3.63, 3.8) is 0 Å². The van der Waals surface area contributed by atoms with Crippen LogP contribution in [0.15, 0.2) is 54.6 Å². The number of rotatable bonds is 5. The van der Waals surface area contributed by atoms with Crippen molar-refractivity contribution in [1.82, 2.24) is 20.6 Å². The van der Waals surface area contributed by atoms with Crippen molar-refractivity contribution in [3.05, 3.63) is 66.0 Å². The third kappa shape index (κ3) is 3.83. The van der Waals surface area contributed by atoms with Gasteiger partial charge in [0.25, 0.3) is 0 Å². The van der Waals surface area contributed by atoms with Crippen molar-refractivity contribution in [2.24, 2.45) is 0 Å². The van der Waals surface area contributed by atoms with Gasteiger partial charge in [-0.25, -0.2) is 4.98 Å². The maximum Gasteiger partial charge on any atom is 0.166 e. The number of para-hydroxylation sites is 2. The summed E-state index contributed by atoms with van der Waals surface area (Å²) < 4.78 is 0. The molecule has 112 valence electrons. The molecule has 0 saturated heterocycles. The van der Waals surface area contributed by atoms with Gasteiger partial charge < -0.3 is 15.6 Å². The van der Waals surface area contributed by atoms with Gasteiger partial charge in [-0.2, -0.15) is 0 Å². The molecule has 0 bridgehead atoms. The highest BCUT2D eigenvalue weighted by molar-refractivity contribution is 7.80. The Bertz CT molecular complexity index is 718. The molecule has 0 aliphatic carbocycles. The van der Waals surface area contributed by atoms with Crippen LogP contribution in [-0.2, 0) is 13.0 Å². The van der Waals surface area contributed by atoms with Crippen LogP contribution in [0.4, 0.5) is 0 Å². The van der Waals surface area contributed by atoms with Crippen LogP contribution in [0.5, 0.6) is 0 Å². The van der Waals surface area contributed by atoms with Gasteiger partial charge >= 0.3 is 0 Å². The fraction of sp³-hybridized carbons (Fsp3) is 0.176. The Hall–Kier alpha value is -2.40. The highest BCUT2D eigenvalue weighted by Crippen LogP contribution is 2.09. The third-order valence-electron chi connectivity index (χ3n) is 3.40. The van der Waals surface area contributed by atoms with Crippen LogP contribution in [0.3, 0.4) is 0 Å². The van der Waals surface area contributed by atoms with Gasteiger partial charge in [0.05, 0.1) is 17.6 Å². The maximum atomic E-state index is 5.29. The first-order valence-corrected chi connectivity index (χ1v) is 7.71. The summed E-state index contributed by atoms with van der Waals surface area (Å²) >= 11 is 5.29. The van der Waals surface area contributed by atoms with Crippen molar-refractivity contribution in [2.45, 2.75) is 13.0 Å². The standard InChI is InChI=1S/C17H18N4S/c22-17(18-11-10-13-6-2-1-3-7-13)19-12-16-20-14-8-4-5-9-15(14)21-16/h1-9H,10-12H2,(H,20,21)(H2,18,19,22). The molecule has 4 nitrogen and oxygen atoms in total. The first kappa shape index (κ1) is 14.5. The second-order valence-electron chi connectivity index (χ2n) is 5.05. The highest BCUT2D eigenvalue weighted by Gasteiger charge is 2.02. The monoisotopic (exact) mass is 310 g/mol. The third-order valence-corrected chi connectivity index (χ3v) is 3.69. The van der Waals surface area contributed by atoms with Crippen molar-refractivity contribution in [3.8, 4) is 0 Å². The van der Waals surface area contributed by atoms with Crippen LogP contribution >= 0.6 is 12.2 Å². The molecule has 0 fully saturated rings. The quantitative estimate of drug-likeness (QED) is 0.634. The minimum atomic E-state index is 0.589. The van der Waals surface area contributed by atoms with E-state index in [0.717, 1.165) is 29.8 Å². The van der Waals surface area contributed by atoms with Gasteiger partial charge in [-0.1, -0.05) is 42.5 Å². The molecule has 0 saturated carbocycles. The predicted octanol–water partition coefficient (Wildman–Crippen LogP) is 2.77. The summed E-state index contributed by atoms with van der Waals surface area (Å²) in [6.07, 6.45) is 0.952. The Labute approximate surface area is 135 Å². The van der Waals surface area contributed by atoms with E-state index in [2.05, 4.69) is 32.7 Å². The molecule has 1 heterocycles. The second-order valence-corrected chi connectivity index (χ2v) is 5.45. The molecule has 3 N–H and O–H groups in total. The molecule has 3 rings (SSSR count). The van der Waals surface area contributed by atoms with E-state index in [9.17, 15) is 0 Å². The number of imidazole rings is 1. The van der Waals surface area contributed by atoms with E-state index in [1.165, 1.54) is 5.56 Å². The van der Waals surface area contributed by atoms with Crippen LogP contribution in [0.2, 0.25) is 0 Å².